The van der Waals surface area contributed by atoms with Crippen molar-refractivity contribution in [3.8, 4) is 0 Å². The van der Waals surface area contributed by atoms with E-state index >= 15 is 0 Å². The number of hydrogen-bond donors (Lipinski definition) is 3. The second-order valence-corrected chi connectivity index (χ2v) is 5.70. The van der Waals surface area contributed by atoms with Crippen molar-refractivity contribution < 1.29 is 14.0 Å². The number of hydrogen-bond acceptors (Lipinski definition) is 3. The van der Waals surface area contributed by atoms with E-state index < -0.39 is 11.7 Å². The number of carbonyl (C=O) groups excluding carboxylic acids is 2. The lowest BCUT2D eigenvalue weighted by molar-refractivity contribution is 0.0929. The molecule has 1 aromatic rings. The van der Waals surface area contributed by atoms with Gasteiger partial charge in [-0.05, 0) is 37.0 Å². The lowest BCUT2D eigenvalue weighted by Gasteiger charge is -2.18. The number of urea groups is 1. The lowest BCUT2D eigenvalue weighted by Crippen LogP contribution is -2.42. The lowest BCUT2D eigenvalue weighted by atomic mass is 10.1. The van der Waals surface area contributed by atoms with E-state index in [1.165, 1.54) is 23.1 Å². The summed E-state index contributed by atoms with van der Waals surface area (Å²) in [4.78, 5) is 25.4. The summed E-state index contributed by atoms with van der Waals surface area (Å²) in [5, 5.41) is 5.46. The minimum Gasteiger partial charge on any atom is -0.348 e. The highest BCUT2D eigenvalue weighted by Crippen LogP contribution is 2.32. The predicted octanol–water partition coefficient (Wildman–Crippen LogP) is 1.24. The normalized spacial score (nSPS) is 18.2. The van der Waals surface area contributed by atoms with Gasteiger partial charge < -0.3 is 16.4 Å². The van der Waals surface area contributed by atoms with Crippen LogP contribution >= 0.6 is 12.4 Å². The highest BCUT2D eigenvalue weighted by atomic mass is 35.5. The summed E-state index contributed by atoms with van der Waals surface area (Å²) in [6.45, 7) is 1.37. The third-order valence-corrected chi connectivity index (χ3v) is 4.12. The number of nitrogens with one attached hydrogen (secondary N) is 2. The average Bonchev–Trinajstić information content (AvgIpc) is 3.27. The second kappa shape index (κ2) is 7.14. The van der Waals surface area contributed by atoms with Crippen LogP contribution in [0.15, 0.2) is 18.2 Å². The minimum absolute atomic E-state index is 0. The van der Waals surface area contributed by atoms with Crippen LogP contribution < -0.4 is 21.3 Å². The molecule has 1 heterocycles. The molecule has 1 saturated heterocycles. The second-order valence-electron chi connectivity index (χ2n) is 5.70. The number of halogens is 2. The van der Waals surface area contributed by atoms with Crippen LogP contribution in [0.2, 0.25) is 0 Å². The third kappa shape index (κ3) is 3.73. The Kier molecular flexibility index (Phi) is 5.43. The molecule has 3 rings (SSSR count). The van der Waals surface area contributed by atoms with Gasteiger partial charge in [0.05, 0.1) is 5.56 Å². The number of anilines is 1. The summed E-state index contributed by atoms with van der Waals surface area (Å²) in [5.74, 6) is -0.696. The first kappa shape index (κ1) is 17.5. The molecule has 3 amide bonds. The Bertz CT molecular complexity index is 609. The summed E-state index contributed by atoms with van der Waals surface area (Å²) in [7, 11) is 0. The van der Waals surface area contributed by atoms with Gasteiger partial charge in [0, 0.05) is 31.4 Å². The number of nitrogens with two attached hydrogens (primary N) is 1. The minimum atomic E-state index is -0.604. The van der Waals surface area contributed by atoms with Crippen molar-refractivity contribution in [3.63, 3.8) is 0 Å². The van der Waals surface area contributed by atoms with Crippen molar-refractivity contribution in [1.82, 2.24) is 10.6 Å². The van der Waals surface area contributed by atoms with Crippen LogP contribution in [-0.4, -0.2) is 37.6 Å². The number of amides is 3. The average molecular weight is 343 g/mol. The van der Waals surface area contributed by atoms with E-state index in [-0.39, 0.29) is 30.0 Å². The van der Waals surface area contributed by atoms with Crippen molar-refractivity contribution in [3.05, 3.63) is 29.6 Å². The molecule has 1 unspecified atom stereocenters. The fourth-order valence-corrected chi connectivity index (χ4v) is 2.69. The van der Waals surface area contributed by atoms with E-state index in [0.717, 1.165) is 12.8 Å². The number of carbonyl (C=O) groups is 2. The molecule has 23 heavy (non-hydrogen) atoms. The van der Waals surface area contributed by atoms with Gasteiger partial charge in [-0.15, -0.1) is 12.4 Å². The predicted molar refractivity (Wildman–Crippen MR) is 87.4 cm³/mol. The Hall–Kier alpha value is -1.86. The molecule has 2 aliphatic rings. The highest BCUT2D eigenvalue weighted by molar-refractivity contribution is 5.98. The van der Waals surface area contributed by atoms with Crippen LogP contribution in [0.5, 0.6) is 0 Å². The summed E-state index contributed by atoms with van der Waals surface area (Å²) >= 11 is 0. The molecule has 0 radical (unpaired) electrons. The Morgan fingerprint density at radius 1 is 1.48 bits per heavy atom. The van der Waals surface area contributed by atoms with Crippen LogP contribution in [0.25, 0.3) is 0 Å². The standard InChI is InChI=1S/C15H19FN4O2.ClH/c16-12-4-3-10(20-6-5-18-15(20)22)7-11(12)14(21)19-13(8-17)9-1-2-9;/h3-4,7,9,13H,1-2,5-6,8,17H2,(H,18,22)(H,19,21);1H. The molecule has 1 atom stereocenters. The zero-order valence-electron chi connectivity index (χ0n) is 12.5. The molecule has 1 saturated carbocycles. The van der Waals surface area contributed by atoms with Crippen LogP contribution in [0, 0.1) is 11.7 Å². The monoisotopic (exact) mass is 342 g/mol. The van der Waals surface area contributed by atoms with Crippen molar-refractivity contribution in [2.45, 2.75) is 18.9 Å². The first-order valence-corrected chi connectivity index (χ1v) is 7.46. The topological polar surface area (TPSA) is 87.5 Å². The maximum atomic E-state index is 14.0. The molecule has 0 aromatic heterocycles. The van der Waals surface area contributed by atoms with Crippen molar-refractivity contribution in [1.29, 1.82) is 0 Å². The molecule has 2 fully saturated rings. The quantitative estimate of drug-likeness (QED) is 0.752. The number of benzene rings is 1. The maximum Gasteiger partial charge on any atom is 0.321 e. The van der Waals surface area contributed by atoms with Gasteiger partial charge in [0.25, 0.3) is 5.91 Å². The first-order chi connectivity index (χ1) is 10.6. The molecule has 0 spiro atoms. The third-order valence-electron chi connectivity index (χ3n) is 4.12. The molecule has 1 aliphatic heterocycles. The Morgan fingerprint density at radius 2 is 2.22 bits per heavy atom. The molecule has 126 valence electrons. The summed E-state index contributed by atoms with van der Waals surface area (Å²) in [6, 6.07) is 3.76. The first-order valence-electron chi connectivity index (χ1n) is 7.46. The largest absolute Gasteiger partial charge is 0.348 e. The van der Waals surface area contributed by atoms with Gasteiger partial charge >= 0.3 is 6.03 Å². The van der Waals surface area contributed by atoms with Gasteiger partial charge in [-0.3, -0.25) is 9.69 Å². The van der Waals surface area contributed by atoms with Crippen LogP contribution in [0.1, 0.15) is 23.2 Å². The summed E-state index contributed by atoms with van der Waals surface area (Å²) < 4.78 is 14.0. The molecule has 1 aliphatic carbocycles. The van der Waals surface area contributed by atoms with E-state index in [4.69, 9.17) is 5.73 Å². The van der Waals surface area contributed by atoms with E-state index in [9.17, 15) is 14.0 Å². The zero-order valence-corrected chi connectivity index (χ0v) is 13.4. The van der Waals surface area contributed by atoms with Gasteiger partial charge in [0.2, 0.25) is 0 Å². The fraction of sp³-hybridized carbons (Fsp3) is 0.467. The van der Waals surface area contributed by atoms with E-state index in [1.54, 1.807) is 0 Å². The van der Waals surface area contributed by atoms with Crippen LogP contribution in [-0.2, 0) is 0 Å². The van der Waals surface area contributed by atoms with E-state index in [1.807, 2.05) is 0 Å². The molecule has 4 N–H and O–H groups in total. The number of nitrogens with zero attached hydrogens (tertiary/aromatic N) is 1. The van der Waals surface area contributed by atoms with Gasteiger partial charge in [-0.25, -0.2) is 9.18 Å². The summed E-state index contributed by atoms with van der Waals surface area (Å²) in [6.07, 6.45) is 2.08. The Morgan fingerprint density at radius 3 is 2.78 bits per heavy atom. The van der Waals surface area contributed by atoms with E-state index in [2.05, 4.69) is 10.6 Å². The van der Waals surface area contributed by atoms with Gasteiger partial charge in [0.1, 0.15) is 5.82 Å². The van der Waals surface area contributed by atoms with E-state index in [0.29, 0.717) is 31.2 Å². The van der Waals surface area contributed by atoms with Crippen molar-refractivity contribution in [2.75, 3.05) is 24.5 Å². The van der Waals surface area contributed by atoms with Crippen molar-refractivity contribution in [2.24, 2.45) is 11.7 Å². The van der Waals surface area contributed by atoms with Gasteiger partial charge in [0.15, 0.2) is 0 Å². The Labute approximate surface area is 140 Å². The molecular formula is C15H20ClFN4O2. The molecular weight excluding hydrogens is 323 g/mol. The maximum absolute atomic E-state index is 14.0. The highest BCUT2D eigenvalue weighted by Gasteiger charge is 2.32. The van der Waals surface area contributed by atoms with Crippen LogP contribution in [0.3, 0.4) is 0 Å². The SMILES string of the molecule is Cl.NCC(NC(=O)c1cc(N2CCNC2=O)ccc1F)C1CC1. The zero-order chi connectivity index (χ0) is 15.7. The number of rotatable bonds is 5. The molecule has 0 bridgehead atoms. The molecule has 8 heteroatoms. The molecule has 6 nitrogen and oxygen atoms in total. The van der Waals surface area contributed by atoms with Crippen LogP contribution in [0.4, 0.5) is 14.9 Å². The molecule has 1 aromatic carbocycles. The Balaban J connectivity index is 0.00000192. The van der Waals surface area contributed by atoms with Gasteiger partial charge in [-0.2, -0.15) is 0 Å². The fourth-order valence-electron chi connectivity index (χ4n) is 2.69. The van der Waals surface area contributed by atoms with Crippen molar-refractivity contribution >= 4 is 30.0 Å². The smallest absolute Gasteiger partial charge is 0.321 e. The summed E-state index contributed by atoms with van der Waals surface area (Å²) in [5.41, 5.74) is 6.11. The van der Waals surface area contributed by atoms with Gasteiger partial charge in [-0.1, -0.05) is 0 Å².